The van der Waals surface area contributed by atoms with Crippen molar-refractivity contribution in [2.24, 2.45) is 5.92 Å². The third-order valence-corrected chi connectivity index (χ3v) is 2.11. The van der Waals surface area contributed by atoms with Gasteiger partial charge in [-0.25, -0.2) is 0 Å². The van der Waals surface area contributed by atoms with E-state index in [1.165, 1.54) is 0 Å². The summed E-state index contributed by atoms with van der Waals surface area (Å²) in [5.74, 6) is 0.636. The molecule has 1 rings (SSSR count). The second kappa shape index (κ2) is 4.96. The van der Waals surface area contributed by atoms with Gasteiger partial charge in [-0.3, -0.25) is 4.79 Å². The molecule has 0 fully saturated rings. The van der Waals surface area contributed by atoms with Crippen LogP contribution in [0.2, 0.25) is 0 Å². The second-order valence-electron chi connectivity index (χ2n) is 2.87. The van der Waals surface area contributed by atoms with Crippen LogP contribution in [0.5, 0.6) is 0 Å². The molecule has 2 unspecified atom stereocenters. The Kier molecular flexibility index (Phi) is 4.64. The molecule has 2 heteroatoms. The molecule has 12 heavy (non-hydrogen) atoms. The van der Waals surface area contributed by atoms with E-state index in [1.54, 1.807) is 11.8 Å². The van der Waals surface area contributed by atoms with Crippen molar-refractivity contribution in [1.82, 2.24) is 4.90 Å². The van der Waals surface area contributed by atoms with Gasteiger partial charge in [0.05, 0.1) is 0 Å². The van der Waals surface area contributed by atoms with Crippen LogP contribution < -0.4 is 0 Å². The fourth-order valence-corrected chi connectivity index (χ4v) is 1.17. The molecule has 0 radical (unpaired) electrons. The molecule has 0 spiro atoms. The molecule has 0 aliphatic carbocycles. The van der Waals surface area contributed by atoms with E-state index in [1.807, 2.05) is 20.0 Å². The SMILES string of the molecule is CC.CC(=O)N1C=CC(C)C1C. The maximum absolute atomic E-state index is 10.9. The Hall–Kier alpha value is -0.790. The van der Waals surface area contributed by atoms with Crippen LogP contribution in [0.25, 0.3) is 0 Å². The van der Waals surface area contributed by atoms with Gasteiger partial charge in [-0.05, 0) is 12.8 Å². The Morgan fingerprint density at radius 3 is 2.00 bits per heavy atom. The highest BCUT2D eigenvalue weighted by Crippen LogP contribution is 2.19. The zero-order valence-corrected chi connectivity index (χ0v) is 8.66. The molecule has 1 amide bonds. The van der Waals surface area contributed by atoms with Gasteiger partial charge in [-0.2, -0.15) is 0 Å². The number of amides is 1. The number of hydrogen-bond acceptors (Lipinski definition) is 1. The van der Waals surface area contributed by atoms with E-state index in [-0.39, 0.29) is 5.91 Å². The first-order chi connectivity index (χ1) is 5.63. The molecule has 0 bridgehead atoms. The van der Waals surface area contributed by atoms with Crippen molar-refractivity contribution in [3.63, 3.8) is 0 Å². The minimum atomic E-state index is 0.133. The lowest BCUT2D eigenvalue weighted by Crippen LogP contribution is -2.31. The highest BCUT2D eigenvalue weighted by Gasteiger charge is 2.23. The molecule has 2 atom stereocenters. The average Bonchev–Trinajstić information content (AvgIpc) is 2.37. The largest absolute Gasteiger partial charge is 0.316 e. The van der Waals surface area contributed by atoms with Crippen molar-refractivity contribution in [3.05, 3.63) is 12.3 Å². The zero-order chi connectivity index (χ0) is 9.72. The Bertz CT molecular complexity index is 175. The van der Waals surface area contributed by atoms with Crippen molar-refractivity contribution in [2.75, 3.05) is 0 Å². The van der Waals surface area contributed by atoms with Gasteiger partial charge in [0, 0.05) is 19.2 Å². The maximum Gasteiger partial charge on any atom is 0.223 e. The topological polar surface area (TPSA) is 20.3 Å². The first-order valence-electron chi connectivity index (χ1n) is 4.60. The van der Waals surface area contributed by atoms with Gasteiger partial charge in [0.2, 0.25) is 5.91 Å². The van der Waals surface area contributed by atoms with E-state index < -0.39 is 0 Å². The lowest BCUT2D eigenvalue weighted by atomic mass is 10.1. The van der Waals surface area contributed by atoms with E-state index >= 15 is 0 Å². The summed E-state index contributed by atoms with van der Waals surface area (Å²) in [4.78, 5) is 12.6. The summed E-state index contributed by atoms with van der Waals surface area (Å²) in [6.07, 6.45) is 3.93. The third-order valence-electron chi connectivity index (χ3n) is 2.11. The lowest BCUT2D eigenvalue weighted by Gasteiger charge is -2.20. The fourth-order valence-electron chi connectivity index (χ4n) is 1.17. The normalized spacial score (nSPS) is 26.6. The van der Waals surface area contributed by atoms with Crippen molar-refractivity contribution >= 4 is 5.91 Å². The van der Waals surface area contributed by atoms with Gasteiger partial charge in [0.1, 0.15) is 0 Å². The molecule has 0 saturated heterocycles. The second-order valence-corrected chi connectivity index (χ2v) is 2.87. The third kappa shape index (κ3) is 2.36. The summed E-state index contributed by atoms with van der Waals surface area (Å²) in [6.45, 7) is 9.77. The first kappa shape index (κ1) is 11.2. The first-order valence-corrected chi connectivity index (χ1v) is 4.60. The van der Waals surface area contributed by atoms with Gasteiger partial charge >= 0.3 is 0 Å². The number of rotatable bonds is 0. The molecule has 0 aromatic heterocycles. The molecular weight excluding hydrogens is 150 g/mol. The van der Waals surface area contributed by atoms with Crippen molar-refractivity contribution in [2.45, 2.75) is 40.7 Å². The smallest absolute Gasteiger partial charge is 0.223 e. The van der Waals surface area contributed by atoms with Gasteiger partial charge < -0.3 is 4.90 Å². The molecule has 70 valence electrons. The van der Waals surface area contributed by atoms with Crippen LogP contribution in [0.15, 0.2) is 12.3 Å². The van der Waals surface area contributed by atoms with Crippen LogP contribution in [0.4, 0.5) is 0 Å². The van der Waals surface area contributed by atoms with Crippen LogP contribution in [-0.4, -0.2) is 16.8 Å². The summed E-state index contributed by atoms with van der Waals surface area (Å²) in [6, 6.07) is 0.345. The van der Waals surface area contributed by atoms with Crippen LogP contribution in [0, 0.1) is 5.92 Å². The zero-order valence-electron chi connectivity index (χ0n) is 8.66. The minimum Gasteiger partial charge on any atom is -0.316 e. The number of carbonyl (C=O) groups excluding carboxylic acids is 1. The quantitative estimate of drug-likeness (QED) is 0.545. The monoisotopic (exact) mass is 169 g/mol. The van der Waals surface area contributed by atoms with Crippen LogP contribution in [0.1, 0.15) is 34.6 Å². The average molecular weight is 169 g/mol. The maximum atomic E-state index is 10.9. The number of hydrogen-bond donors (Lipinski definition) is 0. The number of nitrogens with zero attached hydrogens (tertiary/aromatic N) is 1. The molecule has 0 aromatic rings. The predicted molar refractivity (Wildman–Crippen MR) is 51.6 cm³/mol. The molecule has 1 heterocycles. The van der Waals surface area contributed by atoms with E-state index in [9.17, 15) is 4.79 Å². The lowest BCUT2D eigenvalue weighted by molar-refractivity contribution is -0.127. The van der Waals surface area contributed by atoms with Gasteiger partial charge in [0.15, 0.2) is 0 Å². The van der Waals surface area contributed by atoms with Gasteiger partial charge in [0.25, 0.3) is 0 Å². The summed E-state index contributed by atoms with van der Waals surface area (Å²) in [5, 5.41) is 0. The molecule has 0 aromatic carbocycles. The summed E-state index contributed by atoms with van der Waals surface area (Å²) in [7, 11) is 0. The molecule has 0 saturated carbocycles. The number of carbonyl (C=O) groups is 1. The van der Waals surface area contributed by atoms with Crippen LogP contribution in [0.3, 0.4) is 0 Å². The van der Waals surface area contributed by atoms with Crippen LogP contribution >= 0.6 is 0 Å². The molecule has 2 nitrogen and oxygen atoms in total. The van der Waals surface area contributed by atoms with E-state index in [2.05, 4.69) is 19.9 Å². The summed E-state index contributed by atoms with van der Waals surface area (Å²) in [5.41, 5.74) is 0. The van der Waals surface area contributed by atoms with Crippen LogP contribution in [-0.2, 0) is 4.79 Å². The van der Waals surface area contributed by atoms with Gasteiger partial charge in [-0.1, -0.05) is 26.8 Å². The highest BCUT2D eigenvalue weighted by molar-refractivity contribution is 5.75. The van der Waals surface area contributed by atoms with E-state index in [0.29, 0.717) is 12.0 Å². The van der Waals surface area contributed by atoms with Crippen molar-refractivity contribution in [3.8, 4) is 0 Å². The standard InChI is InChI=1S/C8H13NO.C2H6/c1-6-4-5-9(7(6)2)8(3)10;1-2/h4-7H,1-3H3;1-2H3. The van der Waals surface area contributed by atoms with Crippen molar-refractivity contribution < 1.29 is 4.79 Å². The van der Waals surface area contributed by atoms with Crippen molar-refractivity contribution in [1.29, 1.82) is 0 Å². The van der Waals surface area contributed by atoms with E-state index in [0.717, 1.165) is 0 Å². The van der Waals surface area contributed by atoms with Gasteiger partial charge in [-0.15, -0.1) is 0 Å². The Morgan fingerprint density at radius 1 is 1.33 bits per heavy atom. The Morgan fingerprint density at radius 2 is 1.83 bits per heavy atom. The molecule has 1 aliphatic heterocycles. The van der Waals surface area contributed by atoms with E-state index in [4.69, 9.17) is 0 Å². The fraction of sp³-hybridized carbons (Fsp3) is 0.700. The predicted octanol–water partition coefficient (Wildman–Crippen LogP) is 2.41. The summed E-state index contributed by atoms with van der Waals surface area (Å²) < 4.78 is 0. The Balaban J connectivity index is 0.000000561. The highest BCUT2D eigenvalue weighted by atomic mass is 16.2. The minimum absolute atomic E-state index is 0.133. The Labute approximate surface area is 75.3 Å². The molecule has 0 N–H and O–H groups in total. The molecular formula is C10H19NO. The summed E-state index contributed by atoms with van der Waals surface area (Å²) >= 11 is 0. The molecule has 1 aliphatic rings.